The summed E-state index contributed by atoms with van der Waals surface area (Å²) in [5.41, 5.74) is 2.37. The van der Waals surface area contributed by atoms with E-state index in [1.807, 2.05) is 23.2 Å². The van der Waals surface area contributed by atoms with Crippen LogP contribution in [0.15, 0.2) is 66.9 Å². The van der Waals surface area contributed by atoms with Crippen molar-refractivity contribution in [3.05, 3.63) is 83.0 Å². The summed E-state index contributed by atoms with van der Waals surface area (Å²) in [6.07, 6.45) is 8.33. The van der Waals surface area contributed by atoms with Gasteiger partial charge in [0, 0.05) is 29.6 Å². The number of hydrogen-bond donors (Lipinski definition) is 2. The SMILES string of the molecule is C[C@@H](NC(=O)C(=O)c1ccc(-c2ccc3c(cnn3C3CC3)c2)cc1)[C@](O)(c1ccc(OC2CC2)c(Cl)c1)N1CCCC1. The molecule has 2 N–H and O–H groups in total. The highest BCUT2D eigenvalue weighted by molar-refractivity contribution is 6.42. The van der Waals surface area contributed by atoms with Gasteiger partial charge in [0.15, 0.2) is 5.72 Å². The number of fused-ring (bicyclic) bond motifs is 1. The summed E-state index contributed by atoms with van der Waals surface area (Å²) in [6.45, 7) is 3.05. The minimum Gasteiger partial charge on any atom is -0.489 e. The number of carbonyl (C=O) groups excluding carboxylic acids is 2. The Kier molecular flexibility index (Phi) is 7.24. The van der Waals surface area contributed by atoms with Crippen LogP contribution in [0.2, 0.25) is 5.02 Å². The average Bonchev–Trinajstić information content (AvgIpc) is 3.94. The molecular weight excluding hydrogens is 564 g/mol. The number of benzene rings is 3. The number of likely N-dealkylation sites (tertiary alicyclic amines) is 1. The number of nitrogens with zero attached hydrogens (tertiary/aromatic N) is 3. The highest BCUT2D eigenvalue weighted by Crippen LogP contribution is 2.39. The second kappa shape index (κ2) is 11.1. The van der Waals surface area contributed by atoms with Gasteiger partial charge in [-0.15, -0.1) is 0 Å². The van der Waals surface area contributed by atoms with Crippen molar-refractivity contribution in [1.82, 2.24) is 20.0 Å². The van der Waals surface area contributed by atoms with Crippen molar-refractivity contribution in [2.45, 2.75) is 69.4 Å². The van der Waals surface area contributed by atoms with Crippen LogP contribution in [-0.2, 0) is 10.5 Å². The first-order valence-electron chi connectivity index (χ1n) is 15.2. The Hall–Kier alpha value is -3.72. The number of hydrogen-bond acceptors (Lipinski definition) is 6. The van der Waals surface area contributed by atoms with Gasteiger partial charge in [-0.2, -0.15) is 5.10 Å². The summed E-state index contributed by atoms with van der Waals surface area (Å²) in [4.78, 5) is 28.4. The fraction of sp³-hybridized carbons (Fsp3) is 0.382. The van der Waals surface area contributed by atoms with E-state index in [4.69, 9.17) is 16.3 Å². The third-order valence-electron chi connectivity index (χ3n) is 8.89. The average molecular weight is 599 g/mol. The molecule has 3 fully saturated rings. The Bertz CT molecular complexity index is 1690. The molecule has 3 aromatic carbocycles. The van der Waals surface area contributed by atoms with Crippen LogP contribution in [0.1, 0.15) is 67.4 Å². The predicted octanol–water partition coefficient (Wildman–Crippen LogP) is 5.86. The molecule has 9 heteroatoms. The van der Waals surface area contributed by atoms with Crippen LogP contribution >= 0.6 is 11.6 Å². The number of ether oxygens (including phenoxy) is 1. The van der Waals surface area contributed by atoms with Crippen molar-refractivity contribution in [3.63, 3.8) is 0 Å². The summed E-state index contributed by atoms with van der Waals surface area (Å²) in [5, 5.41) is 21.0. The first kappa shape index (κ1) is 28.1. The maximum atomic E-state index is 13.2. The molecule has 1 aromatic heterocycles. The molecule has 1 aliphatic heterocycles. The molecule has 3 aliphatic rings. The highest BCUT2D eigenvalue weighted by atomic mass is 35.5. The van der Waals surface area contributed by atoms with Crippen LogP contribution in [0, 0.1) is 0 Å². The van der Waals surface area contributed by atoms with E-state index < -0.39 is 23.5 Å². The van der Waals surface area contributed by atoms with E-state index >= 15 is 0 Å². The molecule has 4 aromatic rings. The number of rotatable bonds is 10. The second-order valence-corrected chi connectivity index (χ2v) is 12.5. The van der Waals surface area contributed by atoms with Crippen LogP contribution in [0.3, 0.4) is 0 Å². The summed E-state index contributed by atoms with van der Waals surface area (Å²) in [7, 11) is 0. The van der Waals surface area contributed by atoms with Gasteiger partial charge in [0.1, 0.15) is 5.75 Å². The third-order valence-corrected chi connectivity index (χ3v) is 9.18. The van der Waals surface area contributed by atoms with Crippen molar-refractivity contribution < 1.29 is 19.4 Å². The maximum absolute atomic E-state index is 13.2. The molecule has 1 amide bonds. The van der Waals surface area contributed by atoms with Crippen molar-refractivity contribution in [2.75, 3.05) is 13.1 Å². The Balaban J connectivity index is 1.07. The fourth-order valence-electron chi connectivity index (χ4n) is 6.11. The van der Waals surface area contributed by atoms with E-state index in [1.165, 1.54) is 12.8 Å². The fourth-order valence-corrected chi connectivity index (χ4v) is 6.33. The monoisotopic (exact) mass is 598 g/mol. The molecule has 8 nitrogen and oxygen atoms in total. The standard InChI is InChI=1S/C34H35ClN4O4/c1-21(34(42,38-16-2-3-17-38)26-9-15-31(29(35)19-26)43-28-12-13-28)37-33(41)32(40)23-6-4-22(5-7-23)24-8-14-30-25(18-24)20-36-39(30)27-10-11-27/h4-9,14-15,18-21,27-28,42H,2-3,10-13,16-17H2,1H3,(H,37,41)/t21-,34+/m1/s1. The van der Waals surface area contributed by atoms with Crippen LogP contribution in [0.4, 0.5) is 0 Å². The lowest BCUT2D eigenvalue weighted by atomic mass is 9.93. The zero-order chi connectivity index (χ0) is 29.7. The molecule has 0 spiro atoms. The first-order chi connectivity index (χ1) is 20.8. The molecule has 222 valence electrons. The first-order valence-corrected chi connectivity index (χ1v) is 15.6. The zero-order valence-electron chi connectivity index (χ0n) is 24.1. The molecule has 0 unspecified atom stereocenters. The van der Waals surface area contributed by atoms with Gasteiger partial charge in [0.05, 0.1) is 34.9 Å². The van der Waals surface area contributed by atoms with Gasteiger partial charge in [-0.3, -0.25) is 19.2 Å². The molecule has 0 bridgehead atoms. The lowest BCUT2D eigenvalue weighted by molar-refractivity contribution is -0.139. The molecule has 0 radical (unpaired) electrons. The third kappa shape index (κ3) is 5.44. The number of carbonyl (C=O) groups is 2. The van der Waals surface area contributed by atoms with E-state index in [-0.39, 0.29) is 11.7 Å². The van der Waals surface area contributed by atoms with Crippen LogP contribution in [0.25, 0.3) is 22.0 Å². The van der Waals surface area contributed by atoms with Gasteiger partial charge in [0.2, 0.25) is 5.78 Å². The highest BCUT2D eigenvalue weighted by Gasteiger charge is 2.44. The van der Waals surface area contributed by atoms with Crippen LogP contribution < -0.4 is 10.1 Å². The van der Waals surface area contributed by atoms with Gasteiger partial charge in [-0.1, -0.05) is 48.0 Å². The molecule has 1 saturated heterocycles. The molecule has 2 saturated carbocycles. The molecular formula is C34H35ClN4O4. The van der Waals surface area contributed by atoms with Gasteiger partial charge in [-0.25, -0.2) is 0 Å². The topological polar surface area (TPSA) is 96.7 Å². The number of Topliss-reactive ketones (excluding diaryl/α,β-unsaturated/α-hetero) is 1. The van der Waals surface area contributed by atoms with E-state index in [2.05, 4.69) is 33.3 Å². The number of nitrogens with one attached hydrogen (secondary N) is 1. The van der Waals surface area contributed by atoms with Crippen molar-refractivity contribution in [3.8, 4) is 16.9 Å². The second-order valence-electron chi connectivity index (χ2n) is 12.1. The van der Waals surface area contributed by atoms with Gasteiger partial charge >= 0.3 is 0 Å². The van der Waals surface area contributed by atoms with Crippen LogP contribution in [0.5, 0.6) is 5.75 Å². The van der Waals surface area contributed by atoms with Gasteiger partial charge < -0.3 is 15.2 Å². The number of amides is 1. The van der Waals surface area contributed by atoms with Crippen LogP contribution in [-0.4, -0.2) is 56.7 Å². The van der Waals surface area contributed by atoms with Crippen molar-refractivity contribution in [1.29, 1.82) is 0 Å². The lowest BCUT2D eigenvalue weighted by Crippen LogP contribution is -2.59. The summed E-state index contributed by atoms with van der Waals surface area (Å²) in [5.74, 6) is -0.846. The van der Waals surface area contributed by atoms with E-state index in [9.17, 15) is 14.7 Å². The van der Waals surface area contributed by atoms with E-state index in [0.717, 1.165) is 47.7 Å². The number of aliphatic hydroxyl groups is 1. The quantitative estimate of drug-likeness (QED) is 0.175. The smallest absolute Gasteiger partial charge is 0.292 e. The number of halogens is 1. The Morgan fingerprint density at radius 1 is 1.00 bits per heavy atom. The molecule has 2 heterocycles. The number of aromatic nitrogens is 2. The number of ketones is 1. The molecule has 43 heavy (non-hydrogen) atoms. The molecule has 2 atom stereocenters. The Labute approximate surface area is 255 Å². The normalized spacial score (nSPS) is 19.2. The predicted molar refractivity (Wildman–Crippen MR) is 165 cm³/mol. The molecule has 7 rings (SSSR count). The Morgan fingerprint density at radius 2 is 1.72 bits per heavy atom. The maximum Gasteiger partial charge on any atom is 0.292 e. The molecule has 2 aliphatic carbocycles. The largest absolute Gasteiger partial charge is 0.489 e. The lowest BCUT2D eigenvalue weighted by Gasteiger charge is -2.42. The minimum absolute atomic E-state index is 0.194. The van der Waals surface area contributed by atoms with Crippen molar-refractivity contribution in [2.24, 2.45) is 0 Å². The van der Waals surface area contributed by atoms with Gasteiger partial charge in [-0.05, 0) is 80.8 Å². The van der Waals surface area contributed by atoms with E-state index in [1.54, 1.807) is 37.3 Å². The van der Waals surface area contributed by atoms with E-state index in [0.29, 0.717) is 35.5 Å². The Morgan fingerprint density at radius 3 is 2.40 bits per heavy atom. The summed E-state index contributed by atoms with van der Waals surface area (Å²) >= 11 is 6.56. The zero-order valence-corrected chi connectivity index (χ0v) is 24.9. The van der Waals surface area contributed by atoms with Gasteiger partial charge in [0.25, 0.3) is 5.91 Å². The summed E-state index contributed by atoms with van der Waals surface area (Å²) in [6, 6.07) is 18.3. The minimum atomic E-state index is -1.55. The van der Waals surface area contributed by atoms with Crippen molar-refractivity contribution >= 4 is 34.2 Å². The summed E-state index contributed by atoms with van der Waals surface area (Å²) < 4.78 is 7.97.